The molecule has 0 saturated carbocycles. The second kappa shape index (κ2) is 10.5. The number of hydrogen-bond donors (Lipinski definition) is 3. The summed E-state index contributed by atoms with van der Waals surface area (Å²) < 4.78 is 60.5. The van der Waals surface area contributed by atoms with Crippen molar-refractivity contribution in [2.75, 3.05) is 17.1 Å². The molecule has 1 amide bonds. The van der Waals surface area contributed by atoms with Crippen molar-refractivity contribution in [2.45, 2.75) is 36.6 Å². The van der Waals surface area contributed by atoms with E-state index in [0.717, 1.165) is 0 Å². The Kier molecular flexibility index (Phi) is 7.83. The molecule has 9 nitrogen and oxygen atoms in total. The fourth-order valence-corrected chi connectivity index (χ4v) is 5.68. The zero-order valence-corrected chi connectivity index (χ0v) is 21.3. The summed E-state index contributed by atoms with van der Waals surface area (Å²) in [5.74, 6) is -0.235. The molecule has 0 fully saturated rings. The average molecular weight is 518 g/mol. The normalized spacial score (nSPS) is 11.8. The molecule has 35 heavy (non-hydrogen) atoms. The Morgan fingerprint density at radius 3 is 2.11 bits per heavy atom. The molecule has 11 heteroatoms. The maximum Gasteiger partial charge on any atom is 0.261 e. The number of amides is 1. The number of hydrogen-bond acceptors (Lipinski definition) is 6. The third-order valence-corrected chi connectivity index (χ3v) is 7.94. The molecule has 0 radical (unpaired) electrons. The number of benzene rings is 3. The quantitative estimate of drug-likeness (QED) is 0.396. The predicted octanol–water partition coefficient (Wildman–Crippen LogP) is 3.74. The lowest BCUT2D eigenvalue weighted by atomic mass is 10.1. The number of carbonyl (C=O) groups is 1. The van der Waals surface area contributed by atoms with Gasteiger partial charge in [-0.1, -0.05) is 18.2 Å². The van der Waals surface area contributed by atoms with E-state index >= 15 is 0 Å². The Bertz CT molecular complexity index is 1440. The highest BCUT2D eigenvalue weighted by Crippen LogP contribution is 2.29. The van der Waals surface area contributed by atoms with E-state index in [4.69, 9.17) is 4.74 Å². The number of nitrogens with one attached hydrogen (secondary N) is 3. The SMILES string of the molecule is COc1ccc(S(=O)(=O)NC(C)C)cc1NC(=O)c1ccc(NS(=O)(=O)c2ccccc2)c(C)c1. The van der Waals surface area contributed by atoms with Crippen molar-refractivity contribution in [3.63, 3.8) is 0 Å². The van der Waals surface area contributed by atoms with Crippen LogP contribution in [0.25, 0.3) is 0 Å². The summed E-state index contributed by atoms with van der Waals surface area (Å²) in [7, 11) is -6.16. The molecule has 0 aliphatic heterocycles. The molecule has 0 saturated heterocycles. The van der Waals surface area contributed by atoms with E-state index in [1.54, 1.807) is 39.0 Å². The minimum absolute atomic E-state index is 0.0239. The second-order valence-corrected chi connectivity index (χ2v) is 11.4. The van der Waals surface area contributed by atoms with Crippen LogP contribution in [0.4, 0.5) is 11.4 Å². The van der Waals surface area contributed by atoms with Gasteiger partial charge in [0.1, 0.15) is 5.75 Å². The van der Waals surface area contributed by atoms with Gasteiger partial charge in [0.05, 0.1) is 28.3 Å². The van der Waals surface area contributed by atoms with Gasteiger partial charge in [-0.3, -0.25) is 9.52 Å². The Morgan fingerprint density at radius 2 is 1.51 bits per heavy atom. The van der Waals surface area contributed by atoms with E-state index < -0.39 is 26.0 Å². The van der Waals surface area contributed by atoms with E-state index in [0.29, 0.717) is 11.3 Å². The molecule has 3 rings (SSSR count). The number of carbonyl (C=O) groups excluding carboxylic acids is 1. The Balaban J connectivity index is 1.84. The van der Waals surface area contributed by atoms with Gasteiger partial charge in [-0.15, -0.1) is 0 Å². The van der Waals surface area contributed by atoms with Crippen LogP contribution < -0.4 is 19.5 Å². The van der Waals surface area contributed by atoms with Crippen molar-refractivity contribution in [3.8, 4) is 5.75 Å². The molecule has 0 heterocycles. The standard InChI is InChI=1S/C24H27N3O6S2/c1-16(2)26-35(31,32)20-11-13-23(33-4)22(15-20)25-24(28)18-10-12-21(17(3)14-18)27-34(29,30)19-8-6-5-7-9-19/h5-16,26-27H,1-4H3,(H,25,28). The number of aryl methyl sites for hydroxylation is 1. The van der Waals surface area contributed by atoms with Crippen molar-refractivity contribution in [1.29, 1.82) is 0 Å². The number of ether oxygens (including phenoxy) is 1. The molecule has 0 aliphatic carbocycles. The topological polar surface area (TPSA) is 131 Å². The molecule has 3 aromatic carbocycles. The van der Waals surface area contributed by atoms with Gasteiger partial charge in [0, 0.05) is 11.6 Å². The molecule has 3 N–H and O–H groups in total. The molecule has 0 bridgehead atoms. The maximum absolute atomic E-state index is 12.9. The van der Waals surface area contributed by atoms with Crippen LogP contribution in [0.3, 0.4) is 0 Å². The van der Waals surface area contributed by atoms with Gasteiger partial charge >= 0.3 is 0 Å². The van der Waals surface area contributed by atoms with Crippen LogP contribution >= 0.6 is 0 Å². The number of sulfonamides is 2. The summed E-state index contributed by atoms with van der Waals surface area (Å²) >= 11 is 0. The largest absolute Gasteiger partial charge is 0.495 e. The van der Waals surface area contributed by atoms with E-state index in [2.05, 4.69) is 14.8 Å². The highest BCUT2D eigenvalue weighted by atomic mass is 32.2. The summed E-state index contributed by atoms with van der Waals surface area (Å²) in [5, 5.41) is 2.67. The van der Waals surface area contributed by atoms with Gasteiger partial charge in [-0.2, -0.15) is 0 Å². The van der Waals surface area contributed by atoms with E-state index in [1.165, 1.54) is 55.6 Å². The summed E-state index contributed by atoms with van der Waals surface area (Å²) in [5.41, 5.74) is 1.29. The minimum atomic E-state index is -3.78. The van der Waals surface area contributed by atoms with Gasteiger partial charge < -0.3 is 10.1 Å². The van der Waals surface area contributed by atoms with E-state index in [9.17, 15) is 21.6 Å². The highest BCUT2D eigenvalue weighted by Gasteiger charge is 2.20. The molecule has 3 aromatic rings. The monoisotopic (exact) mass is 517 g/mol. The summed E-state index contributed by atoms with van der Waals surface area (Å²) in [6.07, 6.45) is 0. The van der Waals surface area contributed by atoms with Gasteiger partial charge in [0.2, 0.25) is 10.0 Å². The van der Waals surface area contributed by atoms with E-state index in [1.807, 2.05) is 0 Å². The molecule has 0 aliphatic rings. The van der Waals surface area contributed by atoms with Crippen LogP contribution in [0, 0.1) is 6.92 Å². The Hall–Kier alpha value is -3.41. The number of anilines is 2. The summed E-state index contributed by atoms with van der Waals surface area (Å²) in [6.45, 7) is 5.08. The van der Waals surface area contributed by atoms with Crippen LogP contribution in [0.15, 0.2) is 76.5 Å². The smallest absolute Gasteiger partial charge is 0.261 e. The summed E-state index contributed by atoms with van der Waals surface area (Å²) in [6, 6.07) is 16.3. The Labute approximate surface area is 205 Å². The van der Waals surface area contributed by atoms with Crippen LogP contribution in [-0.4, -0.2) is 35.9 Å². The predicted molar refractivity (Wildman–Crippen MR) is 135 cm³/mol. The lowest BCUT2D eigenvalue weighted by Crippen LogP contribution is -2.30. The number of rotatable bonds is 9. The molecule has 0 aromatic heterocycles. The van der Waals surface area contributed by atoms with Crippen LogP contribution in [0.1, 0.15) is 29.8 Å². The molecule has 0 atom stereocenters. The molecular weight excluding hydrogens is 490 g/mol. The van der Waals surface area contributed by atoms with E-state index in [-0.39, 0.29) is 32.8 Å². The third kappa shape index (κ3) is 6.38. The van der Waals surface area contributed by atoms with Crippen LogP contribution in [0.5, 0.6) is 5.75 Å². The first-order valence-corrected chi connectivity index (χ1v) is 13.6. The fourth-order valence-electron chi connectivity index (χ4n) is 3.25. The van der Waals surface area contributed by atoms with Crippen LogP contribution in [0.2, 0.25) is 0 Å². The van der Waals surface area contributed by atoms with Gasteiger partial charge in [0.15, 0.2) is 0 Å². The molecule has 186 valence electrons. The van der Waals surface area contributed by atoms with Crippen molar-refractivity contribution in [2.24, 2.45) is 0 Å². The molecular formula is C24H27N3O6S2. The first-order valence-electron chi connectivity index (χ1n) is 10.6. The second-order valence-electron chi connectivity index (χ2n) is 8.04. The van der Waals surface area contributed by atoms with Gasteiger partial charge in [0.25, 0.3) is 15.9 Å². The van der Waals surface area contributed by atoms with Crippen molar-refractivity contribution < 1.29 is 26.4 Å². The van der Waals surface area contributed by atoms with Crippen molar-refractivity contribution >= 4 is 37.3 Å². The van der Waals surface area contributed by atoms with Crippen molar-refractivity contribution in [3.05, 3.63) is 77.9 Å². The maximum atomic E-state index is 12.9. The lowest BCUT2D eigenvalue weighted by molar-refractivity contribution is 0.102. The average Bonchev–Trinajstić information content (AvgIpc) is 2.80. The summed E-state index contributed by atoms with van der Waals surface area (Å²) in [4.78, 5) is 13.0. The van der Waals surface area contributed by atoms with Crippen LogP contribution in [-0.2, 0) is 20.0 Å². The zero-order chi connectivity index (χ0) is 25.8. The first-order chi connectivity index (χ1) is 16.4. The molecule has 0 unspecified atom stereocenters. The zero-order valence-electron chi connectivity index (χ0n) is 19.7. The third-order valence-electron chi connectivity index (χ3n) is 4.91. The van der Waals surface area contributed by atoms with Gasteiger partial charge in [-0.05, 0) is 74.9 Å². The Morgan fingerprint density at radius 1 is 0.829 bits per heavy atom. The van der Waals surface area contributed by atoms with Gasteiger partial charge in [-0.25, -0.2) is 21.6 Å². The lowest BCUT2D eigenvalue weighted by Gasteiger charge is -2.15. The first kappa shape index (κ1) is 26.2. The number of methoxy groups -OCH3 is 1. The fraction of sp³-hybridized carbons (Fsp3) is 0.208. The van der Waals surface area contributed by atoms with Crippen molar-refractivity contribution in [1.82, 2.24) is 4.72 Å². The minimum Gasteiger partial charge on any atom is -0.495 e. The highest BCUT2D eigenvalue weighted by molar-refractivity contribution is 7.92. The molecule has 0 spiro atoms.